The van der Waals surface area contributed by atoms with Crippen LogP contribution in [0.25, 0.3) is 11.1 Å². The lowest BCUT2D eigenvalue weighted by atomic mass is 9.91. The highest BCUT2D eigenvalue weighted by Gasteiger charge is 2.48. The number of piperidine rings is 2. The zero-order valence-electron chi connectivity index (χ0n) is 44.9. The van der Waals surface area contributed by atoms with Gasteiger partial charge in [0.2, 0.25) is 11.8 Å². The number of thiophene rings is 1. The first-order valence-electron chi connectivity index (χ1n) is 27.1. The maximum Gasteiger partial charge on any atom is 0.471 e. The highest BCUT2D eigenvalue weighted by atomic mass is 32.1. The third kappa shape index (κ3) is 9.64. The normalized spacial score (nSPS) is 21.8. The number of amides is 5. The molecule has 5 amide bonds. The fourth-order valence-electron chi connectivity index (χ4n) is 11.8. The number of aryl methyl sites for hydroxylation is 1. The van der Waals surface area contributed by atoms with E-state index in [-0.39, 0.29) is 47.5 Å². The Balaban J connectivity index is 0.728. The molecule has 0 radical (unpaired) electrons. The Morgan fingerprint density at radius 3 is 2.38 bits per heavy atom. The molecule has 3 saturated heterocycles. The molecule has 398 valence electrons. The molecule has 5 aliphatic heterocycles. The van der Waals surface area contributed by atoms with Gasteiger partial charge >= 0.3 is 7.82 Å². The van der Waals surface area contributed by atoms with Gasteiger partial charge in [-0.1, -0.05) is 0 Å². The number of hydrogen-bond donors (Lipinski definition) is 4. The summed E-state index contributed by atoms with van der Waals surface area (Å²) in [4.78, 5) is 111. The number of nitrogens with one attached hydrogen (secondary N) is 1. The topological polar surface area (TPSA) is 252 Å². The van der Waals surface area contributed by atoms with E-state index >= 15 is 0 Å². The van der Waals surface area contributed by atoms with Crippen molar-refractivity contribution < 1.29 is 56.8 Å². The zero-order valence-corrected chi connectivity index (χ0v) is 43.6. The second-order valence-corrected chi connectivity index (χ2v) is 22.5. The molecule has 0 bridgehead atoms. The Labute approximate surface area is 446 Å². The lowest BCUT2D eigenvalue weighted by Gasteiger charge is -2.46. The Hall–Kier alpha value is -6.65. The van der Waals surface area contributed by atoms with E-state index in [1.807, 2.05) is 6.07 Å². The van der Waals surface area contributed by atoms with Crippen LogP contribution in [0.3, 0.4) is 0 Å². The number of phosphoric ester groups is 1. The molecule has 9 heterocycles. The summed E-state index contributed by atoms with van der Waals surface area (Å²) < 4.78 is 44.7. The number of piperazine rings is 1. The second-order valence-electron chi connectivity index (χ2n) is 20.1. The number of imide groups is 2. The number of methoxy groups -OCH3 is 1. The minimum absolute atomic E-state index is 0.125. The monoisotopic (exact) mass is 1080 g/mol. The van der Waals surface area contributed by atoms with Crippen LogP contribution in [0.2, 0.25) is 0 Å². The summed E-state index contributed by atoms with van der Waals surface area (Å²) in [6.07, 6.45) is 10.1. The first-order chi connectivity index (χ1) is 37.7. The summed E-state index contributed by atoms with van der Waals surface area (Å²) in [5.41, 5.74) is 6.16. The maximum atomic E-state index is 14.2. The molecule has 5 aromatic rings. The molecule has 0 unspecified atom stereocenters. The number of aliphatic hydroxyl groups excluding tert-OH is 1. The molecule has 1 aliphatic carbocycles. The minimum Gasteiger partial charge on any atom is -0.480 e. The van der Waals surface area contributed by atoms with Crippen molar-refractivity contribution in [1.29, 1.82) is 0 Å². The van der Waals surface area contributed by atoms with Crippen LogP contribution in [0.1, 0.15) is 115 Å². The predicted octanol–water partition coefficient (Wildman–Crippen LogP) is 5.85. The molecule has 3 fully saturated rings. The van der Waals surface area contributed by atoms with Gasteiger partial charge in [-0.25, -0.2) is 19.5 Å². The maximum absolute atomic E-state index is 14.2. The lowest BCUT2D eigenvalue weighted by Crippen LogP contribution is -2.57. The molecular weight excluding hydrogens is 1020 g/mol. The van der Waals surface area contributed by atoms with Crippen LogP contribution in [0.5, 0.6) is 5.88 Å². The Bertz CT molecular complexity index is 3310. The number of fused-ring (bicyclic) bond motifs is 4. The number of hydrogen-bond acceptors (Lipinski definition) is 17. The van der Waals surface area contributed by atoms with E-state index in [9.17, 15) is 33.6 Å². The molecule has 1 aromatic carbocycles. The molecule has 4 N–H and O–H groups in total. The summed E-state index contributed by atoms with van der Waals surface area (Å²) in [5, 5.41) is 14.5. The summed E-state index contributed by atoms with van der Waals surface area (Å²) in [6, 6.07) is 11.3. The smallest absolute Gasteiger partial charge is 0.471 e. The van der Waals surface area contributed by atoms with Crippen LogP contribution in [0, 0.1) is 0 Å². The van der Waals surface area contributed by atoms with E-state index in [2.05, 4.69) is 41.4 Å². The van der Waals surface area contributed by atoms with Crippen molar-refractivity contribution in [3.05, 3.63) is 98.6 Å². The molecule has 11 rings (SSSR count). The standard InChI is InChI=1S/C53H59N10O11PS/c1-30-28-59(33-15-19-58(20-16-33)34-8-10-39-40(25-34)51(67)63(50(39)66)42-11-13-45(65)62(52(42)68)29-74-75(70,71)72)22-23-60(30)35-9-12-44(55-27-35)57-41-24-32(26-56-49(41)73-3)36-14-18-54-48(46(36)31(2)64)61-21-17-38-37-6-4-5-7-43(37)76-47(38)53(61)69/h8-10,12,14,18,24-27,30-31,33,42,64H,4-7,11,13,15-17,19-23,28-29H2,1-3H3,(H,55,57)(H2,70,71,72)/t30-,31+,42-/m0/s1/i3D3. The van der Waals surface area contributed by atoms with Crippen LogP contribution in [0.4, 0.5) is 28.7 Å². The largest absolute Gasteiger partial charge is 0.480 e. The number of carbonyl (C=O) groups excluding carboxylic acids is 5. The van der Waals surface area contributed by atoms with Crippen molar-refractivity contribution in [3.63, 3.8) is 0 Å². The summed E-state index contributed by atoms with van der Waals surface area (Å²) in [5.74, 6) is -2.59. The van der Waals surface area contributed by atoms with Crippen molar-refractivity contribution in [1.82, 2.24) is 29.7 Å². The number of nitrogens with zero attached hydrogens (tertiary/aromatic N) is 9. The van der Waals surface area contributed by atoms with E-state index < -0.39 is 57.4 Å². The number of pyridine rings is 3. The first kappa shape index (κ1) is 47.8. The van der Waals surface area contributed by atoms with Gasteiger partial charge in [-0.3, -0.25) is 48.1 Å². The summed E-state index contributed by atoms with van der Waals surface area (Å²) >= 11 is 1.58. The van der Waals surface area contributed by atoms with E-state index in [0.29, 0.717) is 65.3 Å². The Morgan fingerprint density at radius 2 is 1.63 bits per heavy atom. The number of rotatable bonds is 13. The Kier molecular flexibility index (Phi) is 13.0. The second kappa shape index (κ2) is 20.7. The molecule has 6 aliphatic rings. The van der Waals surface area contributed by atoms with Crippen LogP contribution in [-0.2, 0) is 37.9 Å². The predicted molar refractivity (Wildman–Crippen MR) is 282 cm³/mol. The average molecular weight is 1080 g/mol. The number of benzene rings is 1. The Morgan fingerprint density at radius 1 is 0.842 bits per heavy atom. The average Bonchev–Trinajstić information content (AvgIpc) is 4.20. The van der Waals surface area contributed by atoms with E-state index in [0.717, 1.165) is 84.9 Å². The fraction of sp³-hybridized carbons (Fsp3) is 0.434. The molecule has 23 heteroatoms. The van der Waals surface area contributed by atoms with E-state index in [1.54, 1.807) is 72.0 Å². The van der Waals surface area contributed by atoms with Crippen molar-refractivity contribution in [3.8, 4) is 17.0 Å². The molecule has 76 heavy (non-hydrogen) atoms. The van der Waals surface area contributed by atoms with Crippen molar-refractivity contribution >= 4 is 77.4 Å². The first-order valence-corrected chi connectivity index (χ1v) is 27.9. The van der Waals surface area contributed by atoms with Gasteiger partial charge in [-0.15, -0.1) is 11.3 Å². The molecule has 0 spiro atoms. The molecule has 4 aromatic heterocycles. The lowest BCUT2D eigenvalue weighted by molar-refractivity contribution is -0.155. The molecule has 0 saturated carbocycles. The number of anilines is 5. The highest BCUT2D eigenvalue weighted by Crippen LogP contribution is 2.43. The summed E-state index contributed by atoms with van der Waals surface area (Å²) in [6.45, 7) is 6.93. The van der Waals surface area contributed by atoms with Gasteiger partial charge in [-0.2, -0.15) is 0 Å². The van der Waals surface area contributed by atoms with Gasteiger partial charge in [0.05, 0.1) is 45.1 Å². The van der Waals surface area contributed by atoms with Crippen molar-refractivity contribution in [2.75, 3.05) is 73.1 Å². The van der Waals surface area contributed by atoms with Crippen molar-refractivity contribution in [2.24, 2.45) is 0 Å². The number of ether oxygens (including phenoxy) is 1. The van der Waals surface area contributed by atoms with Crippen LogP contribution < -0.4 is 24.8 Å². The highest BCUT2D eigenvalue weighted by molar-refractivity contribution is 7.46. The number of aliphatic hydroxyl groups is 1. The number of phosphoric acid groups is 1. The van der Waals surface area contributed by atoms with Gasteiger partial charge in [0.15, 0.2) is 0 Å². The molecule has 3 atom stereocenters. The van der Waals surface area contributed by atoms with E-state index in [4.69, 9.17) is 23.6 Å². The van der Waals surface area contributed by atoms with Gasteiger partial charge in [-0.05, 0) is 124 Å². The quantitative estimate of drug-likeness (QED) is 0.0797. The fourth-order valence-corrected chi connectivity index (χ4v) is 13.5. The summed E-state index contributed by atoms with van der Waals surface area (Å²) in [7, 11) is -7.83. The minimum atomic E-state index is -5.02. The third-order valence-corrected chi connectivity index (χ3v) is 17.4. The molecule has 21 nitrogen and oxygen atoms in total. The van der Waals surface area contributed by atoms with Crippen molar-refractivity contribution in [2.45, 2.75) is 95.9 Å². The van der Waals surface area contributed by atoms with Crippen LogP contribution in [-0.4, -0.2) is 145 Å². The third-order valence-electron chi connectivity index (χ3n) is 15.6. The van der Waals surface area contributed by atoms with E-state index in [1.165, 1.54) is 16.6 Å². The van der Waals surface area contributed by atoms with Gasteiger partial charge < -0.3 is 34.7 Å². The number of carbonyl (C=O) groups is 5. The zero-order chi connectivity index (χ0) is 55.7. The van der Waals surface area contributed by atoms with Gasteiger partial charge in [0.25, 0.3) is 23.6 Å². The van der Waals surface area contributed by atoms with Crippen LogP contribution >= 0.6 is 19.2 Å². The van der Waals surface area contributed by atoms with Crippen LogP contribution in [0.15, 0.2) is 61.1 Å². The number of likely N-dealkylation sites (tertiary alicyclic amines) is 1. The number of aromatic nitrogens is 3. The van der Waals surface area contributed by atoms with Gasteiger partial charge in [0.1, 0.15) is 30.1 Å². The molecular formula is C53H59N10O11PS. The van der Waals surface area contributed by atoms with Gasteiger partial charge in [0, 0.05) is 91.9 Å². The SMILES string of the molecule is [2H]C([2H])([2H])Oc1ncc(-c2ccnc(N3CCc4c(sc5c4CCCC5)C3=O)c2[C@@H](C)O)cc1Nc1ccc(N2CCN(C3CCN(c4ccc5c(c4)C(=O)N([C@H]4CCC(=O)N(COP(=O)(O)O)C4=O)C5=O)CC3)C[C@@H]2C)cn1.